The summed E-state index contributed by atoms with van der Waals surface area (Å²) < 4.78 is 0. The van der Waals surface area contributed by atoms with Gasteiger partial charge in [0.2, 0.25) is 11.8 Å². The van der Waals surface area contributed by atoms with E-state index in [2.05, 4.69) is 33.0 Å². The molecule has 1 saturated heterocycles. The lowest BCUT2D eigenvalue weighted by Crippen LogP contribution is -2.39. The number of rotatable bonds is 6. The Morgan fingerprint density at radius 3 is 2.89 bits per heavy atom. The molecule has 1 fully saturated rings. The van der Waals surface area contributed by atoms with Gasteiger partial charge in [-0.15, -0.1) is 23.1 Å². The van der Waals surface area contributed by atoms with Crippen LogP contribution in [0.3, 0.4) is 0 Å². The summed E-state index contributed by atoms with van der Waals surface area (Å²) in [7, 11) is 0. The van der Waals surface area contributed by atoms with Crippen LogP contribution >= 0.6 is 34.7 Å². The van der Waals surface area contributed by atoms with E-state index in [1.54, 1.807) is 23.5 Å². The average molecular weight is 436 g/mol. The molecule has 4 rings (SSSR count). The van der Waals surface area contributed by atoms with Crippen LogP contribution in [0.5, 0.6) is 0 Å². The zero-order valence-corrected chi connectivity index (χ0v) is 17.7. The predicted octanol–water partition coefficient (Wildman–Crippen LogP) is 4.16. The molecule has 2 atom stereocenters. The highest BCUT2D eigenvalue weighted by atomic mass is 35.5. The Hall–Kier alpha value is -1.54. The summed E-state index contributed by atoms with van der Waals surface area (Å²) in [4.78, 5) is 29.6. The van der Waals surface area contributed by atoms with Gasteiger partial charge in [-0.3, -0.25) is 14.5 Å². The minimum Gasteiger partial charge on any atom is -0.354 e. The van der Waals surface area contributed by atoms with Crippen molar-refractivity contribution in [3.8, 4) is 0 Å². The number of thiophene rings is 1. The van der Waals surface area contributed by atoms with Crippen LogP contribution in [-0.2, 0) is 9.59 Å². The van der Waals surface area contributed by atoms with Gasteiger partial charge in [0, 0.05) is 27.8 Å². The van der Waals surface area contributed by atoms with E-state index in [0.717, 1.165) is 18.0 Å². The third-order valence-electron chi connectivity index (χ3n) is 5.08. The minimum absolute atomic E-state index is 0.0918. The second kappa shape index (κ2) is 8.86. The fourth-order valence-corrected chi connectivity index (χ4v) is 5.78. The van der Waals surface area contributed by atoms with Crippen LogP contribution in [0.25, 0.3) is 0 Å². The van der Waals surface area contributed by atoms with E-state index >= 15 is 0 Å². The predicted molar refractivity (Wildman–Crippen MR) is 115 cm³/mol. The minimum atomic E-state index is -0.430. The molecule has 0 aliphatic carbocycles. The number of hydrogen-bond donors (Lipinski definition) is 2. The first-order valence-electron chi connectivity index (χ1n) is 9.41. The van der Waals surface area contributed by atoms with Gasteiger partial charge in [0.15, 0.2) is 0 Å². The Balaban J connectivity index is 1.36. The Kier molecular flexibility index (Phi) is 6.25. The highest BCUT2D eigenvalue weighted by Crippen LogP contribution is 2.38. The highest BCUT2D eigenvalue weighted by Gasteiger charge is 2.30. The molecule has 0 radical (unpaired) electrons. The van der Waals surface area contributed by atoms with Crippen molar-refractivity contribution in [2.24, 2.45) is 0 Å². The number of hydrogen-bond acceptors (Lipinski definition) is 5. The summed E-state index contributed by atoms with van der Waals surface area (Å²) in [6.07, 6.45) is 2.58. The van der Waals surface area contributed by atoms with Gasteiger partial charge in [-0.25, -0.2) is 0 Å². The van der Waals surface area contributed by atoms with Crippen LogP contribution < -0.4 is 10.6 Å². The van der Waals surface area contributed by atoms with E-state index in [1.165, 1.54) is 29.5 Å². The smallest absolute Gasteiger partial charge is 0.238 e. The molecule has 5 nitrogen and oxygen atoms in total. The summed E-state index contributed by atoms with van der Waals surface area (Å²) >= 11 is 9.13. The van der Waals surface area contributed by atoms with Gasteiger partial charge < -0.3 is 10.6 Å². The molecule has 1 aromatic carbocycles. The molecule has 1 aromatic heterocycles. The largest absolute Gasteiger partial charge is 0.354 e. The topological polar surface area (TPSA) is 61.4 Å². The SMILES string of the molecule is O=C(CC1Sc2ccc(Cl)cc2NC1=O)NCC(c1cccs1)N1CCCC1. The molecular weight excluding hydrogens is 414 g/mol. The Bertz CT molecular complexity index is 853. The second-order valence-electron chi connectivity index (χ2n) is 7.02. The van der Waals surface area contributed by atoms with Crippen molar-refractivity contribution in [3.63, 3.8) is 0 Å². The molecule has 0 spiro atoms. The van der Waals surface area contributed by atoms with Crippen molar-refractivity contribution in [1.29, 1.82) is 0 Å². The van der Waals surface area contributed by atoms with E-state index in [1.807, 2.05) is 6.07 Å². The number of anilines is 1. The van der Waals surface area contributed by atoms with Gasteiger partial charge in [0.25, 0.3) is 0 Å². The van der Waals surface area contributed by atoms with Crippen LogP contribution in [-0.4, -0.2) is 41.6 Å². The fraction of sp³-hybridized carbons (Fsp3) is 0.400. The third kappa shape index (κ3) is 4.54. The molecule has 2 unspecified atom stereocenters. The molecule has 28 heavy (non-hydrogen) atoms. The maximum Gasteiger partial charge on any atom is 0.238 e. The number of carbonyl (C=O) groups excluding carboxylic acids is 2. The normalized spacial score (nSPS) is 20.5. The van der Waals surface area contributed by atoms with Gasteiger partial charge in [-0.05, 0) is 55.6 Å². The number of fused-ring (bicyclic) bond motifs is 1. The number of carbonyl (C=O) groups is 2. The van der Waals surface area contributed by atoms with Crippen LogP contribution in [0.2, 0.25) is 5.02 Å². The van der Waals surface area contributed by atoms with E-state index in [9.17, 15) is 9.59 Å². The molecule has 3 heterocycles. The molecule has 2 amide bonds. The zero-order chi connectivity index (χ0) is 19.5. The lowest BCUT2D eigenvalue weighted by atomic mass is 10.2. The summed E-state index contributed by atoms with van der Waals surface area (Å²) in [6.45, 7) is 2.71. The van der Waals surface area contributed by atoms with Crippen LogP contribution in [0.4, 0.5) is 5.69 Å². The number of amides is 2. The van der Waals surface area contributed by atoms with Crippen LogP contribution in [0, 0.1) is 0 Å². The number of nitrogens with one attached hydrogen (secondary N) is 2. The number of likely N-dealkylation sites (tertiary alicyclic amines) is 1. The highest BCUT2D eigenvalue weighted by molar-refractivity contribution is 8.01. The molecule has 0 saturated carbocycles. The third-order valence-corrected chi connectivity index (χ3v) is 7.56. The van der Waals surface area contributed by atoms with Gasteiger partial charge in [0.1, 0.15) is 0 Å². The zero-order valence-electron chi connectivity index (χ0n) is 15.3. The summed E-state index contributed by atoms with van der Waals surface area (Å²) in [5.41, 5.74) is 0.714. The number of benzene rings is 1. The lowest BCUT2D eigenvalue weighted by molar-refractivity contribution is -0.124. The molecule has 2 N–H and O–H groups in total. The monoisotopic (exact) mass is 435 g/mol. The second-order valence-corrected chi connectivity index (χ2v) is 9.68. The first-order chi connectivity index (χ1) is 13.6. The van der Waals surface area contributed by atoms with Crippen molar-refractivity contribution >= 4 is 52.2 Å². The van der Waals surface area contributed by atoms with Gasteiger partial charge >= 0.3 is 0 Å². The van der Waals surface area contributed by atoms with E-state index in [-0.39, 0.29) is 24.3 Å². The van der Waals surface area contributed by atoms with Crippen molar-refractivity contribution in [1.82, 2.24) is 10.2 Å². The molecule has 8 heteroatoms. The Morgan fingerprint density at radius 1 is 1.32 bits per heavy atom. The fourth-order valence-electron chi connectivity index (χ4n) is 3.65. The number of thioether (sulfide) groups is 1. The Morgan fingerprint density at radius 2 is 2.14 bits per heavy atom. The molecule has 0 bridgehead atoms. The first-order valence-corrected chi connectivity index (χ1v) is 11.5. The summed E-state index contributed by atoms with van der Waals surface area (Å²) in [6, 6.07) is 9.81. The molecule has 2 aromatic rings. The quantitative estimate of drug-likeness (QED) is 0.715. The van der Waals surface area contributed by atoms with Crippen LogP contribution in [0.1, 0.15) is 30.2 Å². The molecular formula is C20H22ClN3O2S2. The van der Waals surface area contributed by atoms with Gasteiger partial charge in [0.05, 0.1) is 17.0 Å². The lowest BCUT2D eigenvalue weighted by Gasteiger charge is -2.27. The molecule has 2 aliphatic rings. The Labute approximate surface area is 177 Å². The average Bonchev–Trinajstić information content (AvgIpc) is 3.37. The molecule has 2 aliphatic heterocycles. The van der Waals surface area contributed by atoms with E-state index in [4.69, 9.17) is 11.6 Å². The van der Waals surface area contributed by atoms with E-state index < -0.39 is 5.25 Å². The van der Waals surface area contributed by atoms with Crippen molar-refractivity contribution in [3.05, 3.63) is 45.6 Å². The van der Waals surface area contributed by atoms with Crippen LogP contribution in [0.15, 0.2) is 40.6 Å². The first kappa shape index (κ1) is 19.8. The summed E-state index contributed by atoms with van der Waals surface area (Å²) in [5, 5.41) is 8.15. The van der Waals surface area contributed by atoms with Crippen molar-refractivity contribution in [2.75, 3.05) is 25.0 Å². The maximum atomic E-state index is 12.6. The van der Waals surface area contributed by atoms with Gasteiger partial charge in [-0.1, -0.05) is 17.7 Å². The summed E-state index contributed by atoms with van der Waals surface area (Å²) in [5.74, 6) is -0.241. The van der Waals surface area contributed by atoms with Crippen molar-refractivity contribution in [2.45, 2.75) is 35.4 Å². The van der Waals surface area contributed by atoms with E-state index in [0.29, 0.717) is 17.3 Å². The standard InChI is InChI=1S/C20H22ClN3O2S2/c21-13-5-6-16-14(10-13)23-20(26)18(28-16)11-19(25)22-12-15(17-4-3-9-27-17)24-7-1-2-8-24/h3-6,9-10,15,18H,1-2,7-8,11-12H2,(H,22,25)(H,23,26). The molecule has 148 valence electrons. The number of nitrogens with zero attached hydrogens (tertiary/aromatic N) is 1. The van der Waals surface area contributed by atoms with Gasteiger partial charge in [-0.2, -0.15) is 0 Å². The number of halogens is 1. The maximum absolute atomic E-state index is 12.6. The van der Waals surface area contributed by atoms with Crippen molar-refractivity contribution < 1.29 is 9.59 Å².